The van der Waals surface area contributed by atoms with Crippen molar-refractivity contribution in [3.63, 3.8) is 0 Å². The Morgan fingerprint density at radius 3 is 2.33 bits per heavy atom. The van der Waals surface area contributed by atoms with E-state index >= 15 is 0 Å². The third kappa shape index (κ3) is 7.04. The molecule has 8 nitrogen and oxygen atoms in total. The van der Waals surface area contributed by atoms with Crippen LogP contribution >= 0.6 is 11.8 Å². The van der Waals surface area contributed by atoms with E-state index in [9.17, 15) is 13.2 Å². The van der Waals surface area contributed by atoms with E-state index in [0.29, 0.717) is 42.1 Å². The van der Waals surface area contributed by atoms with Gasteiger partial charge >= 0.3 is 0 Å². The summed E-state index contributed by atoms with van der Waals surface area (Å²) in [5.41, 5.74) is 0.356. The van der Waals surface area contributed by atoms with Crippen molar-refractivity contribution in [2.24, 2.45) is 5.92 Å². The van der Waals surface area contributed by atoms with Gasteiger partial charge in [-0.05, 0) is 45.7 Å². The molecule has 2 rings (SSSR count). The van der Waals surface area contributed by atoms with Crippen molar-refractivity contribution in [2.75, 3.05) is 13.1 Å². The summed E-state index contributed by atoms with van der Waals surface area (Å²) in [6.07, 6.45) is 0. The summed E-state index contributed by atoms with van der Waals surface area (Å²) in [5.74, 6) is 0.826. The number of carbonyl (C=O) groups excluding carboxylic acids is 1. The van der Waals surface area contributed by atoms with Crippen LogP contribution in [0.5, 0.6) is 0 Å². The molecule has 1 amide bonds. The van der Waals surface area contributed by atoms with Crippen LogP contribution in [0.1, 0.15) is 55.4 Å². The molecule has 0 saturated heterocycles. The van der Waals surface area contributed by atoms with Crippen LogP contribution in [0.3, 0.4) is 0 Å². The van der Waals surface area contributed by atoms with Crippen LogP contribution < -0.4 is 5.32 Å². The average molecular weight is 496 g/mol. The summed E-state index contributed by atoms with van der Waals surface area (Å²) >= 11 is 1.35. The molecule has 0 radical (unpaired) electrons. The zero-order chi connectivity index (χ0) is 25.0. The number of nitrogens with one attached hydrogen (secondary N) is 1. The van der Waals surface area contributed by atoms with Gasteiger partial charge in [0, 0.05) is 30.7 Å². The second kappa shape index (κ2) is 11.0. The number of sulfonamides is 1. The maximum absolute atomic E-state index is 13.0. The smallest absolute Gasteiger partial charge is 0.243 e. The lowest BCUT2D eigenvalue weighted by Gasteiger charge is -2.23. The van der Waals surface area contributed by atoms with Crippen molar-refractivity contribution >= 4 is 27.7 Å². The van der Waals surface area contributed by atoms with Crippen molar-refractivity contribution in [3.8, 4) is 11.4 Å². The van der Waals surface area contributed by atoms with Crippen molar-refractivity contribution in [1.82, 2.24) is 24.4 Å². The summed E-state index contributed by atoms with van der Waals surface area (Å²) in [5, 5.41) is 12.0. The summed E-state index contributed by atoms with van der Waals surface area (Å²) in [6, 6.07) is 6.83. The highest BCUT2D eigenvalue weighted by atomic mass is 32.2. The third-order valence-electron chi connectivity index (χ3n) is 4.85. The minimum absolute atomic E-state index is 0.0690. The normalized spacial score (nSPS) is 13.5. The number of carbonyl (C=O) groups is 1. The Bertz CT molecular complexity index is 1050. The Hall–Kier alpha value is -1.91. The van der Waals surface area contributed by atoms with Crippen molar-refractivity contribution < 1.29 is 13.2 Å². The molecule has 0 fully saturated rings. The molecular weight excluding hydrogens is 458 g/mol. The first-order chi connectivity index (χ1) is 15.3. The second-order valence-electron chi connectivity index (χ2n) is 9.43. The van der Waals surface area contributed by atoms with Crippen LogP contribution in [-0.2, 0) is 21.4 Å². The van der Waals surface area contributed by atoms with Crippen LogP contribution in [0, 0.1) is 5.92 Å². The fraction of sp³-hybridized carbons (Fsp3) is 0.609. The molecule has 1 heterocycles. The molecule has 33 heavy (non-hydrogen) atoms. The van der Waals surface area contributed by atoms with Crippen molar-refractivity contribution in [3.05, 3.63) is 24.3 Å². The highest BCUT2D eigenvalue weighted by Gasteiger charge is 2.26. The molecule has 0 aliphatic carbocycles. The molecular formula is C23H37N5O3S2. The molecule has 0 saturated carbocycles. The van der Waals surface area contributed by atoms with E-state index in [2.05, 4.69) is 29.4 Å². The van der Waals surface area contributed by atoms with Crippen LogP contribution in [0.25, 0.3) is 11.4 Å². The molecule has 1 N–H and O–H groups in total. The zero-order valence-electron chi connectivity index (χ0n) is 20.9. The van der Waals surface area contributed by atoms with Gasteiger partial charge in [0.1, 0.15) is 0 Å². The Morgan fingerprint density at radius 1 is 1.15 bits per heavy atom. The summed E-state index contributed by atoms with van der Waals surface area (Å²) in [6.45, 7) is 17.0. The fourth-order valence-electron chi connectivity index (χ4n) is 3.31. The monoisotopic (exact) mass is 495 g/mol. The molecule has 0 aliphatic rings. The van der Waals surface area contributed by atoms with E-state index in [0.717, 1.165) is 0 Å². The lowest BCUT2D eigenvalue weighted by Crippen LogP contribution is -2.44. The maximum Gasteiger partial charge on any atom is 0.243 e. The number of thioether (sulfide) groups is 1. The quantitative estimate of drug-likeness (QED) is 0.500. The first-order valence-electron chi connectivity index (χ1n) is 11.3. The Morgan fingerprint density at radius 2 is 1.79 bits per heavy atom. The lowest BCUT2D eigenvalue weighted by atomic mass is 10.1. The minimum atomic E-state index is -3.59. The standard InChI is InChI=1S/C23H37N5O3S2/c1-9-27(10-2)33(30,31)19-13-11-12-18(14-19)20-25-26-22(28(20)15-16(3)4)32-17(5)21(29)24-23(6,7)8/h11-14,16-17H,9-10,15H2,1-8H3,(H,24,29). The zero-order valence-corrected chi connectivity index (χ0v) is 22.5. The number of nitrogens with zero attached hydrogens (tertiary/aromatic N) is 4. The van der Waals surface area contributed by atoms with Gasteiger partial charge in [0.25, 0.3) is 0 Å². The Balaban J connectivity index is 2.44. The molecule has 0 spiro atoms. The molecule has 2 aromatic rings. The van der Waals surface area contributed by atoms with Crippen LogP contribution in [0.4, 0.5) is 0 Å². The molecule has 1 atom stereocenters. The molecule has 0 bridgehead atoms. The predicted molar refractivity (Wildman–Crippen MR) is 134 cm³/mol. The fourth-order valence-corrected chi connectivity index (χ4v) is 5.67. The number of aromatic nitrogens is 3. The topological polar surface area (TPSA) is 97.2 Å². The van der Waals surface area contributed by atoms with Gasteiger partial charge in [-0.2, -0.15) is 4.31 Å². The van der Waals surface area contributed by atoms with Crippen LogP contribution in [-0.4, -0.2) is 57.3 Å². The largest absolute Gasteiger partial charge is 0.351 e. The molecule has 1 aromatic heterocycles. The number of hydrogen-bond donors (Lipinski definition) is 1. The van der Waals surface area contributed by atoms with Gasteiger partial charge in [0.2, 0.25) is 15.9 Å². The first kappa shape index (κ1) is 27.3. The highest BCUT2D eigenvalue weighted by Crippen LogP contribution is 2.29. The van der Waals surface area contributed by atoms with E-state index in [1.807, 2.05) is 52.2 Å². The molecule has 10 heteroatoms. The van der Waals surface area contributed by atoms with E-state index in [4.69, 9.17) is 0 Å². The Kier molecular flexibility index (Phi) is 9.12. The lowest BCUT2D eigenvalue weighted by molar-refractivity contribution is -0.121. The van der Waals surface area contributed by atoms with Gasteiger partial charge in [-0.25, -0.2) is 8.42 Å². The van der Waals surface area contributed by atoms with Gasteiger partial charge in [0.05, 0.1) is 10.1 Å². The van der Waals surface area contributed by atoms with Crippen LogP contribution in [0.15, 0.2) is 34.3 Å². The number of rotatable bonds is 10. The van der Waals surface area contributed by atoms with E-state index in [1.54, 1.807) is 18.2 Å². The summed E-state index contributed by atoms with van der Waals surface area (Å²) < 4.78 is 29.4. The van der Waals surface area contributed by atoms with E-state index in [1.165, 1.54) is 16.1 Å². The van der Waals surface area contributed by atoms with E-state index in [-0.39, 0.29) is 21.6 Å². The van der Waals surface area contributed by atoms with Crippen molar-refractivity contribution in [2.45, 2.75) is 82.8 Å². The van der Waals surface area contributed by atoms with Gasteiger partial charge in [-0.15, -0.1) is 10.2 Å². The predicted octanol–water partition coefficient (Wildman–Crippen LogP) is 4.03. The minimum Gasteiger partial charge on any atom is -0.351 e. The number of amides is 1. The summed E-state index contributed by atoms with van der Waals surface area (Å²) in [7, 11) is -3.59. The van der Waals surface area contributed by atoms with Gasteiger partial charge in [0.15, 0.2) is 11.0 Å². The van der Waals surface area contributed by atoms with Gasteiger partial charge < -0.3 is 9.88 Å². The second-order valence-corrected chi connectivity index (χ2v) is 12.7. The highest BCUT2D eigenvalue weighted by molar-refractivity contribution is 8.00. The molecule has 1 aromatic carbocycles. The van der Waals surface area contributed by atoms with Gasteiger partial charge in [-0.1, -0.05) is 51.6 Å². The average Bonchev–Trinajstić information content (AvgIpc) is 3.09. The maximum atomic E-state index is 13.0. The van der Waals surface area contributed by atoms with E-state index < -0.39 is 10.0 Å². The molecule has 1 unspecified atom stereocenters. The molecule has 0 aliphatic heterocycles. The number of benzene rings is 1. The van der Waals surface area contributed by atoms with Crippen molar-refractivity contribution in [1.29, 1.82) is 0 Å². The molecule has 184 valence electrons. The third-order valence-corrected chi connectivity index (χ3v) is 7.98. The van der Waals surface area contributed by atoms with Gasteiger partial charge in [-0.3, -0.25) is 4.79 Å². The van der Waals surface area contributed by atoms with Crippen LogP contribution in [0.2, 0.25) is 0 Å². The Labute approximate surface area is 202 Å². The SMILES string of the molecule is CCN(CC)S(=O)(=O)c1cccc(-c2nnc(SC(C)C(=O)NC(C)(C)C)n2CC(C)C)c1. The first-order valence-corrected chi connectivity index (χ1v) is 13.6. The number of hydrogen-bond acceptors (Lipinski definition) is 6. The summed E-state index contributed by atoms with van der Waals surface area (Å²) in [4.78, 5) is 12.8.